The first kappa shape index (κ1) is 71.3. The average molecular weight is 1480 g/mol. The summed E-state index contributed by atoms with van der Waals surface area (Å²) in [6.07, 6.45) is -5.96. The fourth-order valence-electron chi connectivity index (χ4n) is 17.3. The van der Waals surface area contributed by atoms with Crippen molar-refractivity contribution in [3.05, 3.63) is 324 Å². The van der Waals surface area contributed by atoms with Gasteiger partial charge in [0.25, 0.3) is 0 Å². The number of halogens is 6. The second kappa shape index (κ2) is 25.9. The molecule has 0 atom stereocenters. The minimum Gasteiger partial charge on any atom is -0.309 e. The lowest BCUT2D eigenvalue weighted by Gasteiger charge is -2.26. The topological polar surface area (TPSA) is 45.5 Å². The van der Waals surface area contributed by atoms with Crippen molar-refractivity contribution in [1.29, 1.82) is 0 Å². The second-order valence-electron chi connectivity index (χ2n) is 33.7. The lowest BCUT2D eigenvalue weighted by atomic mass is 9.78. The van der Waals surface area contributed by atoms with Crippen LogP contribution in [0, 0.1) is 0 Å². The molecular formula is C100H82F6N6. The highest BCUT2D eigenvalue weighted by Crippen LogP contribution is 2.51. The lowest BCUT2D eigenvalue weighted by molar-refractivity contribution is -0.137. The van der Waals surface area contributed by atoms with Crippen molar-refractivity contribution in [2.75, 3.05) is 0 Å². The maximum absolute atomic E-state index is 16.4. The number of hydrogen-bond donors (Lipinski definition) is 0. The van der Waals surface area contributed by atoms with Crippen LogP contribution in [0.1, 0.15) is 115 Å². The highest BCUT2D eigenvalue weighted by Gasteiger charge is 2.40. The number of hydrogen-bond acceptors (Lipinski definition) is 2. The van der Waals surface area contributed by atoms with Gasteiger partial charge in [0.1, 0.15) is 0 Å². The molecule has 0 aliphatic heterocycles. The molecule has 12 heteroatoms. The highest BCUT2D eigenvalue weighted by atomic mass is 19.4. The van der Waals surface area contributed by atoms with E-state index in [0.29, 0.717) is 34.7 Å². The normalized spacial score (nSPS) is 12.9. The lowest BCUT2D eigenvalue weighted by Crippen LogP contribution is -2.20. The summed E-state index contributed by atoms with van der Waals surface area (Å²) in [6, 6.07) is 88.9. The first-order chi connectivity index (χ1) is 53.5. The first-order valence-electron chi connectivity index (χ1n) is 38.2. The quantitative estimate of drug-likeness (QED) is 0.121. The van der Waals surface area contributed by atoms with Gasteiger partial charge in [-0.2, -0.15) is 26.3 Å². The van der Waals surface area contributed by atoms with Crippen LogP contribution < -0.4 is 0 Å². The van der Waals surface area contributed by atoms with Crippen molar-refractivity contribution < 1.29 is 26.3 Å². The van der Waals surface area contributed by atoms with Crippen LogP contribution in [0.2, 0.25) is 0 Å². The SMILES string of the molecule is CC(C)(C)c1ccc2c(c1)c1cc(C(C)(C)Cc3cccc4c3c3cc(-c5ccccc5)ccc3n4-c3cccc(C(F)(F)F)c3-c3ncccc3-n3c4ccccc4c4cc(-c5ccccc5)ccc43)ccc1n2-c1cccnc1-c1c(-n2c3ccc(C(C)(C)C)cc3c3cc(C(C)(C)C)ccc32)cccc1C(F)(F)F. The molecule has 554 valence electrons. The second-order valence-corrected chi connectivity index (χ2v) is 33.7. The minimum absolute atomic E-state index is 0.0437. The third-order valence-electron chi connectivity index (χ3n) is 23.0. The van der Waals surface area contributed by atoms with E-state index in [1.54, 1.807) is 36.7 Å². The number of para-hydroxylation sites is 1. The molecule has 18 aromatic rings. The van der Waals surface area contributed by atoms with E-state index < -0.39 is 28.9 Å². The van der Waals surface area contributed by atoms with E-state index >= 15 is 26.3 Å². The van der Waals surface area contributed by atoms with Gasteiger partial charge in [-0.1, -0.05) is 216 Å². The molecule has 0 saturated heterocycles. The van der Waals surface area contributed by atoms with Crippen LogP contribution in [0.4, 0.5) is 26.3 Å². The molecule has 0 aliphatic rings. The predicted molar refractivity (Wildman–Crippen MR) is 450 cm³/mol. The van der Waals surface area contributed by atoms with Crippen LogP contribution in [-0.2, 0) is 40.4 Å². The zero-order valence-electron chi connectivity index (χ0n) is 64.3. The molecule has 6 heterocycles. The van der Waals surface area contributed by atoms with E-state index in [9.17, 15) is 0 Å². The Labute approximate surface area is 646 Å². The van der Waals surface area contributed by atoms with Crippen molar-refractivity contribution in [3.8, 4) is 67.5 Å². The van der Waals surface area contributed by atoms with Gasteiger partial charge in [0, 0.05) is 66.6 Å². The van der Waals surface area contributed by atoms with Crippen LogP contribution in [0.5, 0.6) is 0 Å². The summed E-state index contributed by atoms with van der Waals surface area (Å²) in [5.74, 6) is 0. The summed E-state index contributed by atoms with van der Waals surface area (Å²) in [5.41, 5.74) is 14.4. The third kappa shape index (κ3) is 11.9. The van der Waals surface area contributed by atoms with Gasteiger partial charge in [0.15, 0.2) is 0 Å². The molecule has 0 amide bonds. The molecule has 0 fully saturated rings. The molecule has 0 spiro atoms. The molecule has 0 N–H and O–H groups in total. The number of pyridine rings is 2. The van der Waals surface area contributed by atoms with Crippen LogP contribution in [0.15, 0.2) is 285 Å². The molecule has 0 bridgehead atoms. The Hall–Kier alpha value is -12.3. The summed E-state index contributed by atoms with van der Waals surface area (Å²) >= 11 is 0. The van der Waals surface area contributed by atoms with Crippen molar-refractivity contribution in [3.63, 3.8) is 0 Å². The molecule has 6 aromatic heterocycles. The summed E-state index contributed by atoms with van der Waals surface area (Å²) in [5, 5.41) is 7.39. The van der Waals surface area contributed by atoms with E-state index in [2.05, 4.69) is 219 Å². The summed E-state index contributed by atoms with van der Waals surface area (Å²) in [4.78, 5) is 10.1. The standard InChI is InChI=1S/C100H82F6N6/c1-95(2,3)65-41-47-80-71(55-65)72-56-66(96(4,5)6)42-48-81(72)109(80)86-35-21-31-76(99(101,102)103)91(86)94-89(38-24-52-108-94)111-82-49-43-67(97(7,8)9)57-73(82)74-58-68(44-50-83(74)111)98(10,11)59-64-29-20-34-85-90(64)75-54-63(61-27-16-13-17-28-61)40-46-84(75)112(85)87-36-22-32-77(100(104,105)106)92(87)93-88(37-23-51-107-93)110-78-33-19-18-30-69(78)70-53-62(39-45-79(70)110)60-25-14-12-15-26-60/h12-58H,59H2,1-11H3. The fourth-order valence-corrected chi connectivity index (χ4v) is 17.3. The Kier molecular flexibility index (Phi) is 16.5. The Bertz CT molecular complexity index is 6770. The number of aromatic nitrogens is 6. The number of alkyl halides is 6. The Balaban J connectivity index is 0.818. The molecule has 0 radical (unpaired) electrons. The molecule has 112 heavy (non-hydrogen) atoms. The van der Waals surface area contributed by atoms with Gasteiger partial charge < -0.3 is 18.3 Å². The maximum Gasteiger partial charge on any atom is 0.417 e. The Morgan fingerprint density at radius 1 is 0.268 bits per heavy atom. The van der Waals surface area contributed by atoms with Crippen LogP contribution in [0.3, 0.4) is 0 Å². The number of rotatable bonds is 11. The van der Waals surface area contributed by atoms with Crippen LogP contribution >= 0.6 is 0 Å². The largest absolute Gasteiger partial charge is 0.417 e. The molecule has 0 saturated carbocycles. The molecule has 0 unspecified atom stereocenters. The van der Waals surface area contributed by atoms with Crippen LogP contribution in [-0.4, -0.2) is 28.2 Å². The van der Waals surface area contributed by atoms with Gasteiger partial charge >= 0.3 is 12.4 Å². The van der Waals surface area contributed by atoms with E-state index in [4.69, 9.17) is 9.97 Å². The predicted octanol–water partition coefficient (Wildman–Crippen LogP) is 28.0. The fraction of sp³-hybridized carbons (Fsp3) is 0.180. The van der Waals surface area contributed by atoms with E-state index in [1.165, 1.54) is 24.3 Å². The Morgan fingerprint density at radius 2 is 0.607 bits per heavy atom. The van der Waals surface area contributed by atoms with Gasteiger partial charge in [-0.15, -0.1) is 0 Å². The van der Waals surface area contributed by atoms with Crippen molar-refractivity contribution in [1.82, 2.24) is 28.2 Å². The summed E-state index contributed by atoms with van der Waals surface area (Å²) in [6.45, 7) is 24.0. The summed E-state index contributed by atoms with van der Waals surface area (Å²) < 4.78 is 107. The molecule has 0 aliphatic carbocycles. The average Bonchev–Trinajstić information content (AvgIpc) is 1.54. The molecule has 18 rings (SSSR count). The van der Waals surface area contributed by atoms with Crippen LogP contribution in [0.25, 0.3) is 155 Å². The number of nitrogens with zero attached hydrogens (tertiary/aromatic N) is 6. The van der Waals surface area contributed by atoms with Crippen molar-refractivity contribution in [2.45, 2.75) is 117 Å². The van der Waals surface area contributed by atoms with E-state index in [0.717, 1.165) is 132 Å². The Morgan fingerprint density at radius 3 is 1.05 bits per heavy atom. The minimum atomic E-state index is -4.81. The van der Waals surface area contributed by atoms with Gasteiger partial charge in [-0.05, 0) is 212 Å². The smallest absolute Gasteiger partial charge is 0.309 e. The molecule has 6 nitrogen and oxygen atoms in total. The zero-order valence-corrected chi connectivity index (χ0v) is 64.3. The van der Waals surface area contributed by atoms with Gasteiger partial charge in [0.05, 0.1) is 89.4 Å². The van der Waals surface area contributed by atoms with E-state index in [-0.39, 0.29) is 38.8 Å². The molecular weight excluding hydrogens is 1400 g/mol. The van der Waals surface area contributed by atoms with Gasteiger partial charge in [0.2, 0.25) is 0 Å². The first-order valence-corrected chi connectivity index (χ1v) is 38.2. The monoisotopic (exact) mass is 1480 g/mol. The van der Waals surface area contributed by atoms with Gasteiger partial charge in [-0.25, -0.2) is 0 Å². The highest BCUT2D eigenvalue weighted by molar-refractivity contribution is 6.16. The maximum atomic E-state index is 16.4. The van der Waals surface area contributed by atoms with Gasteiger partial charge in [-0.3, -0.25) is 9.97 Å². The summed E-state index contributed by atoms with van der Waals surface area (Å²) in [7, 11) is 0. The molecule has 12 aromatic carbocycles. The third-order valence-corrected chi connectivity index (χ3v) is 23.0. The number of fused-ring (bicyclic) bond motifs is 12. The van der Waals surface area contributed by atoms with E-state index in [1.807, 2.05) is 100 Å². The number of benzene rings is 12. The van der Waals surface area contributed by atoms with Crippen molar-refractivity contribution in [2.24, 2.45) is 0 Å². The van der Waals surface area contributed by atoms with Crippen molar-refractivity contribution >= 4 is 87.2 Å². The zero-order chi connectivity index (χ0) is 77.9.